The molecule has 4 aliphatic heterocycles. The van der Waals surface area contributed by atoms with Gasteiger partial charge < -0.3 is 34.2 Å². The molecule has 7 rings (SSSR count). The molecule has 49 heavy (non-hydrogen) atoms. The second-order valence-corrected chi connectivity index (χ2v) is 21.2. The van der Waals surface area contributed by atoms with Crippen LogP contribution >= 0.6 is 11.6 Å². The lowest BCUT2D eigenvalue weighted by Crippen LogP contribution is -2.55. The van der Waals surface area contributed by atoms with E-state index in [0.29, 0.717) is 69.2 Å². The predicted octanol–water partition coefficient (Wildman–Crippen LogP) is 6.21. The monoisotopic (exact) mass is 714 g/mol. The maximum atomic E-state index is 15.6. The maximum Gasteiger partial charge on any atom is 0.407 e. The molecule has 0 saturated carbocycles. The Kier molecular flexibility index (Phi) is 9.67. The molecule has 2 aromatic heterocycles. The Labute approximate surface area is 293 Å². The van der Waals surface area contributed by atoms with Gasteiger partial charge in [-0.15, -0.1) is 0 Å². The number of hydrogen-bond donors (Lipinski definition) is 1. The standard InChI is InChI=1S/C34H48ClFN8O4Si/c1-40-11-7-8-23(40)21-48-33-38-27-20-42(31-24-17-37-44(29-9-5-6-14-47-29)28(24)16-26(36)30(31)35)19-25(27)32(39-33)41-12-13-43(34(45)46)22(18-41)10-15-49(2,3)4/h16-17,22-23,29H,5-15,18-21H2,1-4H3,(H,45,46)/t22?,23-,29?/m0/s1. The smallest absolute Gasteiger partial charge is 0.407 e. The van der Waals surface area contributed by atoms with E-state index in [1.807, 2.05) is 0 Å². The van der Waals surface area contributed by atoms with Gasteiger partial charge in [0.25, 0.3) is 0 Å². The first-order valence-corrected chi connectivity index (χ1v) is 21.7. The average Bonchev–Trinajstić information content (AvgIpc) is 3.81. The van der Waals surface area contributed by atoms with Crippen LogP contribution in [-0.4, -0.2) is 107 Å². The number of carbonyl (C=O) groups is 1. The lowest BCUT2D eigenvalue weighted by Gasteiger charge is -2.41. The topological polar surface area (TPSA) is 112 Å². The number of amides is 1. The zero-order valence-corrected chi connectivity index (χ0v) is 30.8. The normalized spacial score (nSPS) is 23.5. The largest absolute Gasteiger partial charge is 0.465 e. The first kappa shape index (κ1) is 34.3. The van der Waals surface area contributed by atoms with Crippen LogP contribution in [0.4, 0.5) is 20.7 Å². The maximum absolute atomic E-state index is 15.6. The Morgan fingerprint density at radius 1 is 1.10 bits per heavy atom. The molecule has 6 heterocycles. The molecule has 3 aromatic rings. The van der Waals surface area contributed by atoms with E-state index >= 15 is 4.39 Å². The van der Waals surface area contributed by atoms with Crippen molar-refractivity contribution in [3.05, 3.63) is 34.4 Å². The number of fused-ring (bicyclic) bond motifs is 2. The Morgan fingerprint density at radius 2 is 1.94 bits per heavy atom. The Balaban J connectivity index is 1.23. The summed E-state index contributed by atoms with van der Waals surface area (Å²) in [5, 5.41) is 15.5. The van der Waals surface area contributed by atoms with Gasteiger partial charge in [-0.2, -0.15) is 15.1 Å². The third-order valence-electron chi connectivity index (χ3n) is 10.6. The molecule has 0 radical (unpaired) electrons. The number of nitrogens with zero attached hydrogens (tertiary/aromatic N) is 8. The summed E-state index contributed by atoms with van der Waals surface area (Å²) in [4.78, 5) is 30.4. The van der Waals surface area contributed by atoms with Crippen LogP contribution in [0.15, 0.2) is 12.3 Å². The van der Waals surface area contributed by atoms with Crippen molar-refractivity contribution in [2.75, 3.05) is 56.2 Å². The number of carboxylic acid groups (broad SMARTS) is 1. The molecule has 12 nitrogen and oxygen atoms in total. The van der Waals surface area contributed by atoms with E-state index in [9.17, 15) is 9.90 Å². The van der Waals surface area contributed by atoms with E-state index in [2.05, 4.69) is 46.5 Å². The van der Waals surface area contributed by atoms with Crippen LogP contribution in [0, 0.1) is 5.82 Å². The van der Waals surface area contributed by atoms with E-state index in [4.69, 9.17) is 31.0 Å². The Bertz CT molecular complexity index is 1700. The van der Waals surface area contributed by atoms with Gasteiger partial charge in [0.2, 0.25) is 0 Å². The number of piperazine rings is 1. The molecular formula is C34H48ClFN8O4Si. The van der Waals surface area contributed by atoms with E-state index in [-0.39, 0.29) is 17.3 Å². The molecule has 0 aliphatic carbocycles. The van der Waals surface area contributed by atoms with Crippen LogP contribution in [0.2, 0.25) is 30.7 Å². The van der Waals surface area contributed by atoms with Crippen LogP contribution in [0.3, 0.4) is 0 Å². The number of likely N-dealkylation sites (tertiary alicyclic amines) is 1. The summed E-state index contributed by atoms with van der Waals surface area (Å²) in [5.41, 5.74) is 2.94. The second kappa shape index (κ2) is 13.8. The second-order valence-electron chi connectivity index (χ2n) is 15.2. The zero-order valence-electron chi connectivity index (χ0n) is 29.0. The van der Waals surface area contributed by atoms with Gasteiger partial charge in [0, 0.05) is 63.9 Å². The number of aromatic nitrogens is 4. The molecule has 1 amide bonds. The van der Waals surface area contributed by atoms with Gasteiger partial charge >= 0.3 is 12.1 Å². The van der Waals surface area contributed by atoms with Gasteiger partial charge in [0.15, 0.2) is 6.23 Å². The summed E-state index contributed by atoms with van der Waals surface area (Å²) in [6, 6.07) is 2.94. The van der Waals surface area contributed by atoms with Crippen LogP contribution in [0.25, 0.3) is 10.9 Å². The fourth-order valence-corrected chi connectivity index (χ4v) is 9.25. The SMILES string of the molecule is CN1CCC[C@H]1COc1nc2c(c(N3CCN(C(=O)O)C(CC[Si](C)(C)C)C3)n1)CN(c1c(Cl)c(F)cc3c1cnn3C1CCCCO1)C2. The van der Waals surface area contributed by atoms with Gasteiger partial charge in [-0.3, -0.25) is 0 Å². The Morgan fingerprint density at radius 3 is 2.65 bits per heavy atom. The number of rotatable bonds is 9. The molecule has 1 N–H and O–H groups in total. The predicted molar refractivity (Wildman–Crippen MR) is 190 cm³/mol. The van der Waals surface area contributed by atoms with E-state index in [1.165, 1.54) is 6.07 Å². The van der Waals surface area contributed by atoms with Crippen LogP contribution in [0.1, 0.15) is 56.0 Å². The minimum atomic E-state index is -1.40. The van der Waals surface area contributed by atoms with Crippen molar-refractivity contribution < 1.29 is 23.8 Å². The molecule has 3 saturated heterocycles. The molecule has 0 spiro atoms. The van der Waals surface area contributed by atoms with E-state index in [1.54, 1.807) is 15.8 Å². The summed E-state index contributed by atoms with van der Waals surface area (Å²) in [7, 11) is 0.710. The number of anilines is 2. The number of benzene rings is 1. The summed E-state index contributed by atoms with van der Waals surface area (Å²) >= 11 is 6.76. The van der Waals surface area contributed by atoms with Crippen molar-refractivity contribution >= 4 is 48.2 Å². The summed E-state index contributed by atoms with van der Waals surface area (Å²) in [6.45, 7) is 11.4. The molecule has 266 valence electrons. The van der Waals surface area contributed by atoms with Crippen molar-refractivity contribution in [3.8, 4) is 6.01 Å². The number of likely N-dealkylation sites (N-methyl/N-ethyl adjacent to an activating group) is 1. The summed E-state index contributed by atoms with van der Waals surface area (Å²) in [6.07, 6.45) is 6.48. The van der Waals surface area contributed by atoms with Crippen molar-refractivity contribution in [2.45, 2.75) is 95.6 Å². The molecule has 3 atom stereocenters. The highest BCUT2D eigenvalue weighted by Gasteiger charge is 2.37. The number of hydrogen-bond acceptors (Lipinski definition) is 9. The van der Waals surface area contributed by atoms with Crippen molar-refractivity contribution in [2.24, 2.45) is 0 Å². The van der Waals surface area contributed by atoms with Crippen LogP contribution < -0.4 is 14.5 Å². The minimum absolute atomic E-state index is 0.0427. The molecule has 1 aromatic carbocycles. The lowest BCUT2D eigenvalue weighted by atomic mass is 10.1. The van der Waals surface area contributed by atoms with Gasteiger partial charge in [-0.1, -0.05) is 37.3 Å². The third kappa shape index (κ3) is 7.06. The van der Waals surface area contributed by atoms with Crippen LogP contribution in [0.5, 0.6) is 6.01 Å². The van der Waals surface area contributed by atoms with Crippen molar-refractivity contribution in [1.82, 2.24) is 29.5 Å². The fraction of sp³-hybridized carbons (Fsp3) is 0.647. The van der Waals surface area contributed by atoms with E-state index in [0.717, 1.165) is 73.6 Å². The zero-order chi connectivity index (χ0) is 34.4. The molecule has 4 aliphatic rings. The highest BCUT2D eigenvalue weighted by molar-refractivity contribution is 6.76. The number of ether oxygens (including phenoxy) is 2. The van der Waals surface area contributed by atoms with Crippen molar-refractivity contribution in [3.63, 3.8) is 0 Å². The first-order chi connectivity index (χ1) is 23.5. The quantitative estimate of drug-likeness (QED) is 0.257. The molecule has 15 heteroatoms. The van der Waals surface area contributed by atoms with Gasteiger partial charge in [-0.05, 0) is 52.1 Å². The molecule has 2 unspecified atom stereocenters. The van der Waals surface area contributed by atoms with Gasteiger partial charge in [0.05, 0.1) is 35.7 Å². The third-order valence-corrected chi connectivity index (χ3v) is 12.7. The van der Waals surface area contributed by atoms with Gasteiger partial charge in [0.1, 0.15) is 23.3 Å². The molecular weight excluding hydrogens is 667 g/mol. The molecule has 0 bridgehead atoms. The first-order valence-electron chi connectivity index (χ1n) is 17.7. The highest BCUT2D eigenvalue weighted by atomic mass is 35.5. The highest BCUT2D eigenvalue weighted by Crippen LogP contribution is 2.43. The van der Waals surface area contributed by atoms with Crippen molar-refractivity contribution in [1.29, 1.82) is 0 Å². The molecule has 3 fully saturated rings. The average molecular weight is 715 g/mol. The summed E-state index contributed by atoms with van der Waals surface area (Å²) < 4.78 is 29.7. The summed E-state index contributed by atoms with van der Waals surface area (Å²) in [5.74, 6) is 0.240. The lowest BCUT2D eigenvalue weighted by molar-refractivity contribution is -0.0366. The van der Waals surface area contributed by atoms with E-state index < -0.39 is 20.0 Å². The van der Waals surface area contributed by atoms with Crippen LogP contribution in [-0.2, 0) is 17.8 Å². The fourth-order valence-electron chi connectivity index (χ4n) is 7.77. The van der Waals surface area contributed by atoms with Gasteiger partial charge in [-0.25, -0.2) is 13.9 Å². The number of halogens is 2. The Hall–Kier alpha value is -3.20. The minimum Gasteiger partial charge on any atom is -0.465 e.